The summed E-state index contributed by atoms with van der Waals surface area (Å²) in [6.07, 6.45) is 1.00. The molecule has 0 spiro atoms. The number of amides is 4. The predicted octanol–water partition coefficient (Wildman–Crippen LogP) is 1.91. The lowest BCUT2D eigenvalue weighted by Crippen LogP contribution is -2.50. The molecule has 2 aromatic rings. The van der Waals surface area contributed by atoms with Gasteiger partial charge in [0, 0.05) is 0 Å². The van der Waals surface area contributed by atoms with Gasteiger partial charge in [-0.3, -0.25) is 15.0 Å². The van der Waals surface area contributed by atoms with Crippen molar-refractivity contribution in [3.63, 3.8) is 0 Å². The van der Waals surface area contributed by atoms with Crippen LogP contribution in [-0.2, 0) is 16.0 Å². The second kappa shape index (κ2) is 8.44. The Kier molecular flexibility index (Phi) is 5.79. The van der Waals surface area contributed by atoms with Crippen molar-refractivity contribution in [3.8, 4) is 11.8 Å². The summed E-state index contributed by atoms with van der Waals surface area (Å²) in [5, 5.41) is 12.1. The van der Waals surface area contributed by atoms with Gasteiger partial charge < -0.3 is 10.1 Å². The molecular formula is C21H20N4O4. The van der Waals surface area contributed by atoms with E-state index in [1.165, 1.54) is 0 Å². The van der Waals surface area contributed by atoms with E-state index in [0.717, 1.165) is 5.56 Å². The molecule has 1 fully saturated rings. The molecule has 148 valence electrons. The van der Waals surface area contributed by atoms with Crippen LogP contribution in [0.5, 0.6) is 5.75 Å². The lowest BCUT2D eigenvalue weighted by molar-refractivity contribution is -0.139. The molecule has 1 heterocycles. The minimum Gasteiger partial charge on any atom is -0.484 e. The molecule has 0 aromatic heterocycles. The minimum atomic E-state index is -1.10. The van der Waals surface area contributed by atoms with Crippen molar-refractivity contribution in [2.45, 2.75) is 25.3 Å². The van der Waals surface area contributed by atoms with Gasteiger partial charge in [-0.25, -0.2) is 4.79 Å². The normalized spacial score (nSPS) is 18.1. The number of nitrogens with one attached hydrogen (secondary N) is 2. The quantitative estimate of drug-likeness (QED) is 0.699. The van der Waals surface area contributed by atoms with Gasteiger partial charge in [-0.05, 0) is 49.6 Å². The van der Waals surface area contributed by atoms with E-state index in [2.05, 4.69) is 10.7 Å². The number of hydrazine groups is 1. The van der Waals surface area contributed by atoms with Gasteiger partial charge in [-0.1, -0.05) is 30.3 Å². The molecule has 8 heteroatoms. The third-order valence-corrected chi connectivity index (χ3v) is 4.61. The number of benzene rings is 2. The number of imide groups is 1. The lowest BCUT2D eigenvalue weighted by atomic mass is 9.93. The average molecular weight is 392 g/mol. The number of nitrogens with zero attached hydrogens (tertiary/aromatic N) is 2. The summed E-state index contributed by atoms with van der Waals surface area (Å²) in [7, 11) is 0. The first-order valence-corrected chi connectivity index (χ1v) is 9.04. The van der Waals surface area contributed by atoms with E-state index in [0.29, 0.717) is 29.2 Å². The maximum absolute atomic E-state index is 12.7. The molecule has 0 aliphatic carbocycles. The maximum atomic E-state index is 12.7. The van der Waals surface area contributed by atoms with E-state index in [1.807, 2.05) is 36.4 Å². The van der Waals surface area contributed by atoms with Crippen molar-refractivity contribution >= 4 is 17.8 Å². The van der Waals surface area contributed by atoms with Gasteiger partial charge in [0.05, 0.1) is 11.6 Å². The average Bonchev–Trinajstić information content (AvgIpc) is 2.95. The van der Waals surface area contributed by atoms with E-state index in [-0.39, 0.29) is 6.61 Å². The molecule has 0 bridgehead atoms. The van der Waals surface area contributed by atoms with Crippen LogP contribution < -0.4 is 15.5 Å². The van der Waals surface area contributed by atoms with Crippen molar-refractivity contribution < 1.29 is 19.1 Å². The Bertz CT molecular complexity index is 953. The summed E-state index contributed by atoms with van der Waals surface area (Å²) in [6.45, 7) is 1.25. The fourth-order valence-corrected chi connectivity index (χ4v) is 2.93. The number of carbonyl (C=O) groups is 3. The predicted molar refractivity (Wildman–Crippen MR) is 103 cm³/mol. The summed E-state index contributed by atoms with van der Waals surface area (Å²) in [5.74, 6) is -0.778. The zero-order chi connectivity index (χ0) is 20.9. The van der Waals surface area contributed by atoms with Gasteiger partial charge in [0.15, 0.2) is 6.61 Å². The molecule has 1 unspecified atom stereocenters. The van der Waals surface area contributed by atoms with Gasteiger partial charge in [-0.2, -0.15) is 10.3 Å². The van der Waals surface area contributed by atoms with Crippen molar-refractivity contribution in [1.29, 1.82) is 5.26 Å². The highest BCUT2D eigenvalue weighted by atomic mass is 16.5. The number of rotatable bonds is 7. The van der Waals surface area contributed by atoms with Crippen LogP contribution in [-0.4, -0.2) is 35.0 Å². The highest BCUT2D eigenvalue weighted by Gasteiger charge is 2.48. The number of ether oxygens (including phenoxy) is 1. The second-order valence-electron chi connectivity index (χ2n) is 6.85. The van der Waals surface area contributed by atoms with E-state index in [4.69, 9.17) is 10.00 Å². The monoisotopic (exact) mass is 392 g/mol. The molecule has 1 aliphatic heterocycles. The summed E-state index contributed by atoms with van der Waals surface area (Å²) >= 11 is 0. The maximum Gasteiger partial charge on any atom is 0.344 e. The number of urea groups is 1. The highest BCUT2D eigenvalue weighted by molar-refractivity contribution is 6.07. The molecule has 0 radical (unpaired) electrons. The van der Waals surface area contributed by atoms with E-state index < -0.39 is 23.4 Å². The molecule has 4 amide bonds. The third kappa shape index (κ3) is 4.71. The number of nitriles is 1. The van der Waals surface area contributed by atoms with Gasteiger partial charge in [0.25, 0.3) is 11.8 Å². The SMILES string of the molecule is CC1(CCc2ccccc2)NC(=O)N(NC(=O)COc2ccc(C#N)cc2)C1=O. The Morgan fingerprint density at radius 3 is 2.52 bits per heavy atom. The van der Waals surface area contributed by atoms with Crippen LogP contribution in [0.2, 0.25) is 0 Å². The number of carbonyl (C=O) groups excluding carboxylic acids is 3. The van der Waals surface area contributed by atoms with Crippen LogP contribution >= 0.6 is 0 Å². The van der Waals surface area contributed by atoms with E-state index in [1.54, 1.807) is 31.2 Å². The number of aryl methyl sites for hydroxylation is 1. The zero-order valence-electron chi connectivity index (χ0n) is 15.8. The van der Waals surface area contributed by atoms with Crippen LogP contribution in [0.15, 0.2) is 54.6 Å². The number of hydrogen-bond acceptors (Lipinski definition) is 5. The largest absolute Gasteiger partial charge is 0.484 e. The van der Waals surface area contributed by atoms with Crippen LogP contribution in [0.1, 0.15) is 24.5 Å². The Hall–Kier alpha value is -3.86. The molecule has 29 heavy (non-hydrogen) atoms. The first kappa shape index (κ1) is 19.9. The molecule has 2 N–H and O–H groups in total. The summed E-state index contributed by atoms with van der Waals surface area (Å²) < 4.78 is 5.31. The minimum absolute atomic E-state index is 0.385. The molecule has 2 aromatic carbocycles. The molecule has 1 aliphatic rings. The van der Waals surface area contributed by atoms with Gasteiger partial charge in [0.1, 0.15) is 11.3 Å². The molecule has 3 rings (SSSR count). The summed E-state index contributed by atoms with van der Waals surface area (Å²) in [6, 6.07) is 17.2. The van der Waals surface area contributed by atoms with E-state index >= 15 is 0 Å². The molecule has 8 nitrogen and oxygen atoms in total. The fraction of sp³-hybridized carbons (Fsp3) is 0.238. The smallest absolute Gasteiger partial charge is 0.344 e. The topological polar surface area (TPSA) is 112 Å². The standard InChI is InChI=1S/C21H20N4O4/c1-21(12-11-15-5-3-2-4-6-15)19(27)25(20(28)23-21)24-18(26)14-29-17-9-7-16(13-22)8-10-17/h2-10H,11-12,14H2,1H3,(H,23,28)(H,24,26). The molecule has 1 saturated heterocycles. The molecular weight excluding hydrogens is 372 g/mol. The lowest BCUT2D eigenvalue weighted by Gasteiger charge is -2.21. The van der Waals surface area contributed by atoms with Crippen LogP contribution in [0.4, 0.5) is 4.79 Å². The molecule has 1 atom stereocenters. The summed E-state index contributed by atoms with van der Waals surface area (Å²) in [5.41, 5.74) is 2.70. The first-order valence-electron chi connectivity index (χ1n) is 9.04. The highest BCUT2D eigenvalue weighted by Crippen LogP contribution is 2.22. The van der Waals surface area contributed by atoms with E-state index in [9.17, 15) is 14.4 Å². The van der Waals surface area contributed by atoms with Crippen LogP contribution in [0, 0.1) is 11.3 Å². The van der Waals surface area contributed by atoms with Gasteiger partial charge in [0.2, 0.25) is 0 Å². The number of hydrogen-bond donors (Lipinski definition) is 2. The van der Waals surface area contributed by atoms with Crippen LogP contribution in [0.25, 0.3) is 0 Å². The Morgan fingerprint density at radius 2 is 1.86 bits per heavy atom. The van der Waals surface area contributed by atoms with Gasteiger partial charge in [-0.15, -0.1) is 0 Å². The van der Waals surface area contributed by atoms with Crippen LogP contribution in [0.3, 0.4) is 0 Å². The third-order valence-electron chi connectivity index (χ3n) is 4.61. The van der Waals surface area contributed by atoms with Crippen molar-refractivity contribution in [1.82, 2.24) is 15.8 Å². The fourth-order valence-electron chi connectivity index (χ4n) is 2.93. The Labute approximate surface area is 168 Å². The Balaban J connectivity index is 1.54. The summed E-state index contributed by atoms with van der Waals surface area (Å²) in [4.78, 5) is 37.0. The Morgan fingerprint density at radius 1 is 1.17 bits per heavy atom. The first-order chi connectivity index (χ1) is 13.9. The second-order valence-corrected chi connectivity index (χ2v) is 6.85. The van der Waals surface area contributed by atoms with Crippen molar-refractivity contribution in [2.75, 3.05) is 6.61 Å². The van der Waals surface area contributed by atoms with Crippen molar-refractivity contribution in [2.24, 2.45) is 0 Å². The molecule has 0 saturated carbocycles. The van der Waals surface area contributed by atoms with Gasteiger partial charge >= 0.3 is 6.03 Å². The van der Waals surface area contributed by atoms with Crippen molar-refractivity contribution in [3.05, 3.63) is 65.7 Å². The zero-order valence-corrected chi connectivity index (χ0v) is 15.8.